The van der Waals surface area contributed by atoms with Crippen LogP contribution in [0.3, 0.4) is 0 Å². The van der Waals surface area contributed by atoms with Crippen molar-refractivity contribution >= 4 is 17.2 Å². The van der Waals surface area contributed by atoms with Gasteiger partial charge < -0.3 is 20.3 Å². The summed E-state index contributed by atoms with van der Waals surface area (Å²) in [6.07, 6.45) is -0.1000. The second kappa shape index (κ2) is 6.99. The van der Waals surface area contributed by atoms with Crippen molar-refractivity contribution < 1.29 is 14.6 Å². The van der Waals surface area contributed by atoms with Crippen molar-refractivity contribution in [3.05, 3.63) is 29.3 Å². The number of nitrogens with two attached hydrogens (primary N) is 1. The van der Waals surface area contributed by atoms with Crippen LogP contribution < -0.4 is 10.5 Å². The molecule has 0 bridgehead atoms. The number of aliphatic hydroxyl groups is 1. The quantitative estimate of drug-likeness (QED) is 0.772. The molecule has 2 rings (SSSR count). The third-order valence-corrected chi connectivity index (χ3v) is 3.58. The summed E-state index contributed by atoms with van der Waals surface area (Å²) < 4.78 is 10.7. The minimum atomic E-state index is -0.1000. The number of methoxy groups -OCH3 is 1. The fourth-order valence-electron chi connectivity index (χ4n) is 2.34. The standard InChI is InChI=1S/C14H20N2O3S/c1-18-13-3-2-10(6-12(13)14(15)20)7-16-4-5-19-11(8-16)9-17/h2-3,6,11,17H,4-5,7-9H2,1H3,(H2,15,20). The molecule has 0 aromatic heterocycles. The predicted molar refractivity (Wildman–Crippen MR) is 81.0 cm³/mol. The van der Waals surface area contributed by atoms with Gasteiger partial charge in [-0.15, -0.1) is 0 Å². The van der Waals surface area contributed by atoms with Gasteiger partial charge in [-0.05, 0) is 17.7 Å². The second-order valence-electron chi connectivity index (χ2n) is 4.81. The number of hydrogen-bond donors (Lipinski definition) is 2. The van der Waals surface area contributed by atoms with Gasteiger partial charge in [0.25, 0.3) is 0 Å². The van der Waals surface area contributed by atoms with E-state index in [0.717, 1.165) is 30.8 Å². The minimum Gasteiger partial charge on any atom is -0.496 e. The molecule has 5 nitrogen and oxygen atoms in total. The average Bonchev–Trinajstić information content (AvgIpc) is 2.47. The Bertz CT molecular complexity index is 481. The molecule has 3 N–H and O–H groups in total. The topological polar surface area (TPSA) is 68.0 Å². The van der Waals surface area contributed by atoms with E-state index < -0.39 is 0 Å². The largest absolute Gasteiger partial charge is 0.496 e. The fraction of sp³-hybridized carbons (Fsp3) is 0.500. The molecule has 1 fully saturated rings. The molecule has 0 spiro atoms. The Kier molecular flexibility index (Phi) is 5.31. The van der Waals surface area contributed by atoms with Crippen molar-refractivity contribution in [1.29, 1.82) is 0 Å². The Labute approximate surface area is 124 Å². The highest BCUT2D eigenvalue weighted by atomic mass is 32.1. The molecule has 0 amide bonds. The zero-order valence-electron chi connectivity index (χ0n) is 11.5. The molecule has 1 aliphatic heterocycles. The first-order valence-electron chi connectivity index (χ1n) is 6.55. The van der Waals surface area contributed by atoms with Gasteiger partial charge in [0.15, 0.2) is 0 Å². The van der Waals surface area contributed by atoms with E-state index in [2.05, 4.69) is 4.90 Å². The molecule has 110 valence electrons. The highest BCUT2D eigenvalue weighted by Crippen LogP contribution is 2.21. The molecule has 1 aliphatic rings. The van der Waals surface area contributed by atoms with E-state index in [1.807, 2.05) is 18.2 Å². The summed E-state index contributed by atoms with van der Waals surface area (Å²) in [7, 11) is 1.60. The van der Waals surface area contributed by atoms with Crippen LogP contribution in [0, 0.1) is 0 Å². The Hall–Kier alpha value is -1.21. The lowest BCUT2D eigenvalue weighted by Gasteiger charge is -2.32. The lowest BCUT2D eigenvalue weighted by Crippen LogP contribution is -2.43. The summed E-state index contributed by atoms with van der Waals surface area (Å²) in [6, 6.07) is 5.85. The zero-order valence-corrected chi connectivity index (χ0v) is 12.4. The molecule has 1 aromatic rings. The van der Waals surface area contributed by atoms with E-state index in [1.54, 1.807) is 7.11 Å². The third kappa shape index (κ3) is 3.67. The maximum absolute atomic E-state index is 9.16. The lowest BCUT2D eigenvalue weighted by molar-refractivity contribution is -0.0551. The Morgan fingerprint density at radius 1 is 1.60 bits per heavy atom. The molecule has 1 saturated heterocycles. The van der Waals surface area contributed by atoms with Crippen molar-refractivity contribution in [3.63, 3.8) is 0 Å². The number of thiocarbonyl (C=S) groups is 1. The minimum absolute atomic E-state index is 0.0528. The summed E-state index contributed by atoms with van der Waals surface area (Å²) >= 11 is 5.05. The number of ether oxygens (including phenoxy) is 2. The van der Waals surface area contributed by atoms with Gasteiger partial charge in [0.05, 0.1) is 32.0 Å². The summed E-state index contributed by atoms with van der Waals surface area (Å²) in [5.41, 5.74) is 7.59. The molecule has 1 atom stereocenters. The monoisotopic (exact) mass is 296 g/mol. The Morgan fingerprint density at radius 3 is 3.05 bits per heavy atom. The van der Waals surface area contributed by atoms with Gasteiger partial charge in [-0.3, -0.25) is 4.90 Å². The lowest BCUT2D eigenvalue weighted by atomic mass is 10.1. The van der Waals surface area contributed by atoms with Crippen molar-refractivity contribution in [2.75, 3.05) is 33.4 Å². The number of morpholine rings is 1. The van der Waals surface area contributed by atoms with Crippen LogP contribution in [0.1, 0.15) is 11.1 Å². The average molecular weight is 296 g/mol. The zero-order chi connectivity index (χ0) is 14.5. The molecule has 20 heavy (non-hydrogen) atoms. The van der Waals surface area contributed by atoms with Crippen LogP contribution in [0.25, 0.3) is 0 Å². The highest BCUT2D eigenvalue weighted by Gasteiger charge is 2.20. The molecule has 0 radical (unpaired) electrons. The van der Waals surface area contributed by atoms with Crippen LogP contribution in [0.5, 0.6) is 5.75 Å². The van der Waals surface area contributed by atoms with Crippen LogP contribution in [0.4, 0.5) is 0 Å². The van der Waals surface area contributed by atoms with Gasteiger partial charge in [-0.2, -0.15) is 0 Å². The second-order valence-corrected chi connectivity index (χ2v) is 5.25. The van der Waals surface area contributed by atoms with Gasteiger partial charge in [0, 0.05) is 19.6 Å². The van der Waals surface area contributed by atoms with E-state index in [-0.39, 0.29) is 12.7 Å². The normalized spacial score (nSPS) is 19.8. The highest BCUT2D eigenvalue weighted by molar-refractivity contribution is 7.80. The maximum Gasteiger partial charge on any atom is 0.129 e. The first-order chi connectivity index (χ1) is 9.63. The number of hydrogen-bond acceptors (Lipinski definition) is 5. The van der Waals surface area contributed by atoms with Crippen LogP contribution in [0.2, 0.25) is 0 Å². The number of benzene rings is 1. The van der Waals surface area contributed by atoms with Gasteiger partial charge >= 0.3 is 0 Å². The molecule has 1 aromatic carbocycles. The Morgan fingerprint density at radius 2 is 2.40 bits per heavy atom. The molecule has 1 unspecified atom stereocenters. The van der Waals surface area contributed by atoms with E-state index in [1.165, 1.54) is 0 Å². The molecular weight excluding hydrogens is 276 g/mol. The van der Waals surface area contributed by atoms with Gasteiger partial charge in [-0.1, -0.05) is 18.3 Å². The molecule has 6 heteroatoms. The van der Waals surface area contributed by atoms with Crippen LogP contribution in [-0.2, 0) is 11.3 Å². The predicted octanol–water partition coefficient (Wildman–Crippen LogP) is 0.522. The van der Waals surface area contributed by atoms with Gasteiger partial charge in [0.2, 0.25) is 0 Å². The molecule has 1 heterocycles. The van der Waals surface area contributed by atoms with Crippen LogP contribution >= 0.6 is 12.2 Å². The van der Waals surface area contributed by atoms with Crippen molar-refractivity contribution in [2.45, 2.75) is 12.6 Å². The molecule has 0 saturated carbocycles. The number of nitrogens with zero attached hydrogens (tertiary/aromatic N) is 1. The SMILES string of the molecule is COc1ccc(CN2CCOC(CO)C2)cc1C(N)=S. The van der Waals surface area contributed by atoms with E-state index >= 15 is 0 Å². The Balaban J connectivity index is 2.09. The summed E-state index contributed by atoms with van der Waals surface area (Å²) in [6.45, 7) is 3.05. The first kappa shape index (κ1) is 15.2. The van der Waals surface area contributed by atoms with Gasteiger partial charge in [-0.25, -0.2) is 0 Å². The number of rotatable bonds is 5. The smallest absolute Gasteiger partial charge is 0.129 e. The van der Waals surface area contributed by atoms with Gasteiger partial charge in [0.1, 0.15) is 10.7 Å². The van der Waals surface area contributed by atoms with E-state index in [4.69, 9.17) is 32.5 Å². The number of aliphatic hydroxyl groups excluding tert-OH is 1. The van der Waals surface area contributed by atoms with Crippen molar-refractivity contribution in [3.8, 4) is 5.75 Å². The first-order valence-corrected chi connectivity index (χ1v) is 6.96. The van der Waals surface area contributed by atoms with Crippen molar-refractivity contribution in [2.24, 2.45) is 5.73 Å². The maximum atomic E-state index is 9.16. The summed E-state index contributed by atoms with van der Waals surface area (Å²) in [5, 5.41) is 9.16. The van der Waals surface area contributed by atoms with Crippen LogP contribution in [0.15, 0.2) is 18.2 Å². The molecule has 0 aliphatic carbocycles. The van der Waals surface area contributed by atoms with Crippen molar-refractivity contribution in [1.82, 2.24) is 4.90 Å². The summed E-state index contributed by atoms with van der Waals surface area (Å²) in [5.74, 6) is 0.691. The third-order valence-electron chi connectivity index (χ3n) is 3.36. The van der Waals surface area contributed by atoms with E-state index in [0.29, 0.717) is 17.3 Å². The van der Waals surface area contributed by atoms with Crippen LogP contribution in [-0.4, -0.2) is 54.5 Å². The molecular formula is C14H20N2O3S. The van der Waals surface area contributed by atoms with E-state index in [9.17, 15) is 0 Å². The fourth-order valence-corrected chi connectivity index (χ4v) is 2.50. The summed E-state index contributed by atoms with van der Waals surface area (Å²) in [4.78, 5) is 2.58.